The van der Waals surface area contributed by atoms with Crippen molar-refractivity contribution in [3.8, 4) is 0 Å². The molecule has 0 aromatic carbocycles. The molecule has 3 atom stereocenters. The number of hydrogen-bond donors (Lipinski definition) is 1. The maximum absolute atomic E-state index is 13.2. The van der Waals surface area contributed by atoms with Gasteiger partial charge in [-0.3, -0.25) is 9.63 Å². The van der Waals surface area contributed by atoms with Crippen LogP contribution in [0, 0.1) is 11.8 Å². The smallest absolute Gasteiger partial charge is 0.381 e. The average Bonchev–Trinajstić information content (AvgIpc) is 2.75. The lowest BCUT2D eigenvalue weighted by molar-refractivity contribution is -0.891. The molecule has 2 unspecified atom stereocenters. The highest BCUT2D eigenvalue weighted by Crippen LogP contribution is 2.30. The molecule has 6 nitrogen and oxygen atoms in total. The first-order valence-electron chi connectivity index (χ1n) is 11.0. The van der Waals surface area contributed by atoms with Crippen molar-refractivity contribution in [3.63, 3.8) is 0 Å². The highest BCUT2D eigenvalue weighted by atomic mass is 19.4. The van der Waals surface area contributed by atoms with Gasteiger partial charge in [-0.25, -0.2) is 0 Å². The number of amides is 1. The molecule has 0 aliphatic carbocycles. The third-order valence-corrected chi connectivity index (χ3v) is 6.32. The lowest BCUT2D eigenvalue weighted by Gasteiger charge is -2.30. The van der Waals surface area contributed by atoms with Crippen LogP contribution >= 0.6 is 0 Å². The summed E-state index contributed by atoms with van der Waals surface area (Å²) in [6, 6.07) is 1.59. The van der Waals surface area contributed by atoms with Gasteiger partial charge < -0.3 is 15.0 Å². The van der Waals surface area contributed by atoms with Crippen LogP contribution < -0.4 is 14.9 Å². The molecule has 3 heterocycles. The maximum Gasteiger partial charge on any atom is 0.422 e. The summed E-state index contributed by atoms with van der Waals surface area (Å²) in [7, 11) is 1.34. The van der Waals surface area contributed by atoms with Crippen LogP contribution in [0.2, 0.25) is 0 Å². The molecule has 3 rings (SSSR count). The Balaban J connectivity index is 1.54. The minimum atomic E-state index is -4.47. The topological polar surface area (TPSA) is 54.7 Å². The van der Waals surface area contributed by atoms with Crippen LogP contribution in [0.5, 0.6) is 0 Å². The van der Waals surface area contributed by atoms with Gasteiger partial charge in [0.15, 0.2) is 0 Å². The van der Waals surface area contributed by atoms with E-state index in [0.29, 0.717) is 36.2 Å². The molecule has 9 heteroatoms. The first-order valence-corrected chi connectivity index (χ1v) is 11.0. The number of hydrogen-bond acceptors (Lipinski definition) is 4. The van der Waals surface area contributed by atoms with Gasteiger partial charge in [-0.2, -0.15) is 13.2 Å². The molecule has 1 aromatic rings. The van der Waals surface area contributed by atoms with E-state index in [1.165, 1.54) is 11.8 Å². The van der Waals surface area contributed by atoms with Crippen molar-refractivity contribution in [2.24, 2.45) is 11.8 Å². The van der Waals surface area contributed by atoms with Crippen LogP contribution in [0.4, 0.5) is 13.2 Å². The molecule has 174 valence electrons. The Hall–Kier alpha value is -1.87. The van der Waals surface area contributed by atoms with Gasteiger partial charge in [-0.15, -0.1) is 0 Å². The predicted octanol–water partition coefficient (Wildman–Crippen LogP) is 2.37. The van der Waals surface area contributed by atoms with Gasteiger partial charge in [-0.05, 0) is 37.8 Å². The second kappa shape index (κ2) is 10.2. The number of aromatic nitrogens is 1. The monoisotopic (exact) mass is 444 g/mol. The Bertz CT molecular complexity index is 772. The van der Waals surface area contributed by atoms with Gasteiger partial charge in [0.1, 0.15) is 12.7 Å². The normalized spacial score (nSPS) is 22.7. The fraction of sp³-hybridized carbons (Fsp3) is 0.727. The van der Waals surface area contributed by atoms with Crippen LogP contribution in [-0.2, 0) is 28.7 Å². The van der Waals surface area contributed by atoms with Crippen LogP contribution in [0.25, 0.3) is 0 Å². The number of ether oxygens (including phenoxy) is 1. The zero-order valence-corrected chi connectivity index (χ0v) is 18.5. The number of nitrogens with zero attached hydrogens (tertiary/aromatic N) is 2. The zero-order chi connectivity index (χ0) is 22.6. The number of rotatable bonds is 7. The van der Waals surface area contributed by atoms with Gasteiger partial charge in [-0.1, -0.05) is 13.8 Å². The average molecular weight is 445 g/mol. The molecule has 1 saturated heterocycles. The molecule has 1 N–H and O–H groups in total. The van der Waals surface area contributed by atoms with Gasteiger partial charge in [0.05, 0.1) is 19.6 Å². The summed E-state index contributed by atoms with van der Waals surface area (Å²) in [5.41, 5.74) is 0.393. The predicted molar refractivity (Wildman–Crippen MR) is 108 cm³/mol. The van der Waals surface area contributed by atoms with Crippen molar-refractivity contribution in [3.05, 3.63) is 29.1 Å². The molecule has 31 heavy (non-hydrogen) atoms. The first-order chi connectivity index (χ1) is 14.7. The molecule has 1 fully saturated rings. The van der Waals surface area contributed by atoms with E-state index in [1.807, 2.05) is 6.92 Å². The largest absolute Gasteiger partial charge is 0.422 e. The van der Waals surface area contributed by atoms with E-state index >= 15 is 0 Å². The van der Waals surface area contributed by atoms with Crippen molar-refractivity contribution >= 4 is 5.91 Å². The molecule has 0 spiro atoms. The van der Waals surface area contributed by atoms with E-state index in [9.17, 15) is 18.0 Å². The van der Waals surface area contributed by atoms with E-state index in [1.54, 1.807) is 4.90 Å². The van der Waals surface area contributed by atoms with Gasteiger partial charge >= 0.3 is 6.18 Å². The highest BCUT2D eigenvalue weighted by Gasteiger charge is 2.38. The second-order valence-electron chi connectivity index (χ2n) is 8.66. The number of alkyl halides is 3. The Morgan fingerprint density at radius 1 is 1.45 bits per heavy atom. The molecular weight excluding hydrogens is 411 g/mol. The van der Waals surface area contributed by atoms with Crippen LogP contribution in [0.15, 0.2) is 12.3 Å². The number of carbonyl (C=O) groups excluding carboxylic acids is 1. The van der Waals surface area contributed by atoms with Crippen molar-refractivity contribution in [1.82, 2.24) is 10.2 Å². The van der Waals surface area contributed by atoms with E-state index in [4.69, 9.17) is 9.57 Å². The number of carbonyl (C=O) groups is 1. The molecule has 1 amide bonds. The maximum atomic E-state index is 13.2. The highest BCUT2D eigenvalue weighted by molar-refractivity contribution is 5.78. The second-order valence-corrected chi connectivity index (χ2v) is 8.66. The summed E-state index contributed by atoms with van der Waals surface area (Å²) < 4.78 is 46.3. The van der Waals surface area contributed by atoms with E-state index < -0.39 is 11.7 Å². The third-order valence-electron chi connectivity index (χ3n) is 6.32. The Labute approximate surface area is 181 Å². The summed E-state index contributed by atoms with van der Waals surface area (Å²) in [6.07, 6.45) is -0.418. The Morgan fingerprint density at radius 2 is 2.23 bits per heavy atom. The summed E-state index contributed by atoms with van der Waals surface area (Å²) >= 11 is 0. The number of nitrogens with one attached hydrogen (secondary N) is 1. The molecule has 1 aromatic heterocycles. The van der Waals surface area contributed by atoms with Crippen molar-refractivity contribution < 1.29 is 32.3 Å². The lowest BCUT2D eigenvalue weighted by atomic mass is 9.97. The van der Waals surface area contributed by atoms with Gasteiger partial charge in [0.2, 0.25) is 17.8 Å². The quantitative estimate of drug-likeness (QED) is 0.518. The summed E-state index contributed by atoms with van der Waals surface area (Å²) in [5.74, 6) is 0.306. The molecule has 0 saturated carbocycles. The van der Waals surface area contributed by atoms with Gasteiger partial charge in [0, 0.05) is 35.4 Å². The van der Waals surface area contributed by atoms with E-state index in [-0.39, 0.29) is 18.4 Å². The lowest BCUT2D eigenvalue weighted by Crippen LogP contribution is -2.50. The third kappa shape index (κ3) is 5.88. The number of halogens is 3. The molecule has 0 bridgehead atoms. The Kier molecular flexibility index (Phi) is 7.80. The first kappa shape index (κ1) is 23.8. The number of fused-ring (bicyclic) bond motifs is 1. The standard InChI is InChI=1S/C22H33F3N3O3/c1-15(5-4-8-26-19-7-10-31-14-16(19)2)21(29)27-9-6-20-17(12-27)11-18(22(23,24)25)13-28(20)30-3/h11,13,15-16,19,26H,4-10,12,14H2,1-3H3/q+1/t15-,16?,19?/m1/s1. The van der Waals surface area contributed by atoms with Crippen molar-refractivity contribution in [1.29, 1.82) is 0 Å². The molecule has 2 aliphatic heterocycles. The summed E-state index contributed by atoms with van der Waals surface area (Å²) in [6.45, 7) is 7.13. The van der Waals surface area contributed by atoms with E-state index in [0.717, 1.165) is 51.3 Å². The SMILES string of the molecule is CO[n+]1cc(C(F)(F)F)cc2c1CCN(C(=O)[C@H](C)CCCNC1CCOCC1C)C2. The van der Waals surface area contributed by atoms with Crippen molar-refractivity contribution in [2.75, 3.05) is 33.4 Å². The van der Waals surface area contributed by atoms with E-state index in [2.05, 4.69) is 12.2 Å². The molecule has 2 aliphatic rings. The summed E-state index contributed by atoms with van der Waals surface area (Å²) in [5, 5.41) is 3.56. The summed E-state index contributed by atoms with van der Waals surface area (Å²) in [4.78, 5) is 19.7. The molecule has 0 radical (unpaired) electrons. The minimum absolute atomic E-state index is 0.00790. The zero-order valence-electron chi connectivity index (χ0n) is 18.5. The van der Waals surface area contributed by atoms with Gasteiger partial charge in [0.25, 0.3) is 0 Å². The Morgan fingerprint density at radius 3 is 2.90 bits per heavy atom. The fourth-order valence-corrected chi connectivity index (χ4v) is 4.41. The fourth-order valence-electron chi connectivity index (χ4n) is 4.41. The van der Waals surface area contributed by atoms with Crippen LogP contribution in [-0.4, -0.2) is 50.3 Å². The van der Waals surface area contributed by atoms with Crippen molar-refractivity contribution in [2.45, 2.75) is 58.3 Å². The van der Waals surface area contributed by atoms with Crippen LogP contribution in [0.1, 0.15) is 49.9 Å². The molecular formula is C22H33F3N3O3+. The van der Waals surface area contributed by atoms with Crippen LogP contribution in [0.3, 0.4) is 0 Å². The number of pyridine rings is 1. The minimum Gasteiger partial charge on any atom is -0.381 e.